The molecule has 90 valence electrons. The Kier molecular flexibility index (Phi) is 4.05. The minimum absolute atomic E-state index is 0.603. The maximum atomic E-state index is 6.27. The van der Waals surface area contributed by atoms with E-state index in [0.717, 1.165) is 24.1 Å². The van der Waals surface area contributed by atoms with Crippen molar-refractivity contribution >= 4 is 23.2 Å². The van der Waals surface area contributed by atoms with Gasteiger partial charge >= 0.3 is 0 Å². The fraction of sp³-hybridized carbons (Fsp3) is 0.250. The molecule has 2 rings (SSSR count). The SMILES string of the molecule is NCCCc1cnn(-c2ccccc2Cl)c1Cl. The highest BCUT2D eigenvalue weighted by Gasteiger charge is 2.11. The van der Waals surface area contributed by atoms with Crippen LogP contribution < -0.4 is 5.73 Å². The van der Waals surface area contributed by atoms with Crippen molar-refractivity contribution in [2.75, 3.05) is 6.54 Å². The molecule has 0 spiro atoms. The molecule has 17 heavy (non-hydrogen) atoms. The largest absolute Gasteiger partial charge is 0.330 e. The highest BCUT2D eigenvalue weighted by molar-refractivity contribution is 6.33. The second-order valence-electron chi connectivity index (χ2n) is 3.72. The summed E-state index contributed by atoms with van der Waals surface area (Å²) in [7, 11) is 0. The van der Waals surface area contributed by atoms with Gasteiger partial charge in [-0.2, -0.15) is 5.10 Å². The summed E-state index contributed by atoms with van der Waals surface area (Å²) < 4.78 is 1.65. The summed E-state index contributed by atoms with van der Waals surface area (Å²) in [6, 6.07) is 7.47. The van der Waals surface area contributed by atoms with Crippen LogP contribution in [0.15, 0.2) is 30.5 Å². The predicted octanol–water partition coefficient (Wildman–Crippen LogP) is 3.07. The minimum Gasteiger partial charge on any atom is -0.330 e. The first-order valence-corrected chi connectivity index (χ1v) is 6.17. The molecular weight excluding hydrogens is 257 g/mol. The van der Waals surface area contributed by atoms with Gasteiger partial charge < -0.3 is 5.73 Å². The lowest BCUT2D eigenvalue weighted by Gasteiger charge is -2.05. The molecule has 0 radical (unpaired) electrons. The summed E-state index contributed by atoms with van der Waals surface area (Å²) in [6.45, 7) is 0.646. The van der Waals surface area contributed by atoms with Crippen LogP contribution in [-0.4, -0.2) is 16.3 Å². The van der Waals surface area contributed by atoms with E-state index in [2.05, 4.69) is 5.10 Å². The van der Waals surface area contributed by atoms with E-state index in [9.17, 15) is 0 Å². The predicted molar refractivity (Wildman–Crippen MR) is 71.0 cm³/mol. The zero-order valence-electron chi connectivity index (χ0n) is 9.24. The molecule has 0 fully saturated rings. The van der Waals surface area contributed by atoms with Crippen LogP contribution in [0.3, 0.4) is 0 Å². The van der Waals surface area contributed by atoms with Crippen molar-refractivity contribution in [2.24, 2.45) is 5.73 Å². The Morgan fingerprint density at radius 2 is 2.00 bits per heavy atom. The van der Waals surface area contributed by atoms with Crippen LogP contribution in [-0.2, 0) is 6.42 Å². The molecule has 1 aromatic heterocycles. The number of nitrogens with zero attached hydrogens (tertiary/aromatic N) is 2. The van der Waals surface area contributed by atoms with Crippen LogP contribution >= 0.6 is 23.2 Å². The molecule has 0 atom stereocenters. The number of para-hydroxylation sites is 1. The van der Waals surface area contributed by atoms with E-state index >= 15 is 0 Å². The molecule has 3 nitrogen and oxygen atoms in total. The third kappa shape index (κ3) is 2.63. The van der Waals surface area contributed by atoms with Gasteiger partial charge in [-0.3, -0.25) is 0 Å². The second-order valence-corrected chi connectivity index (χ2v) is 4.48. The van der Waals surface area contributed by atoms with E-state index in [-0.39, 0.29) is 0 Å². The first-order valence-electron chi connectivity index (χ1n) is 5.41. The Labute approximate surface area is 110 Å². The van der Waals surface area contributed by atoms with E-state index in [1.54, 1.807) is 10.9 Å². The fourth-order valence-electron chi connectivity index (χ4n) is 1.62. The van der Waals surface area contributed by atoms with E-state index in [1.165, 1.54) is 0 Å². The summed E-state index contributed by atoms with van der Waals surface area (Å²) in [5, 5.41) is 5.49. The van der Waals surface area contributed by atoms with E-state index in [1.807, 2.05) is 24.3 Å². The molecule has 1 aromatic carbocycles. The van der Waals surface area contributed by atoms with Crippen molar-refractivity contribution in [2.45, 2.75) is 12.8 Å². The zero-order valence-corrected chi connectivity index (χ0v) is 10.7. The van der Waals surface area contributed by atoms with Crippen molar-refractivity contribution in [3.05, 3.63) is 46.2 Å². The maximum absolute atomic E-state index is 6.27. The van der Waals surface area contributed by atoms with E-state index in [0.29, 0.717) is 16.7 Å². The number of rotatable bonds is 4. The summed E-state index contributed by atoms with van der Waals surface area (Å²) in [4.78, 5) is 0. The summed E-state index contributed by atoms with van der Waals surface area (Å²) >= 11 is 12.4. The first kappa shape index (κ1) is 12.4. The summed E-state index contributed by atoms with van der Waals surface area (Å²) in [5.74, 6) is 0. The molecule has 0 amide bonds. The van der Waals surface area contributed by atoms with Crippen LogP contribution in [0.25, 0.3) is 5.69 Å². The van der Waals surface area contributed by atoms with Crippen LogP contribution in [0.5, 0.6) is 0 Å². The van der Waals surface area contributed by atoms with E-state index in [4.69, 9.17) is 28.9 Å². The number of halogens is 2. The summed E-state index contributed by atoms with van der Waals surface area (Å²) in [5.41, 5.74) is 7.26. The molecule has 2 aromatic rings. The van der Waals surface area contributed by atoms with Gasteiger partial charge in [-0.05, 0) is 31.5 Å². The van der Waals surface area contributed by atoms with Crippen molar-refractivity contribution < 1.29 is 0 Å². The molecule has 0 aliphatic rings. The van der Waals surface area contributed by atoms with Crippen molar-refractivity contribution in [1.82, 2.24) is 9.78 Å². The average molecular weight is 270 g/mol. The fourth-order valence-corrected chi connectivity index (χ4v) is 2.11. The number of aromatic nitrogens is 2. The monoisotopic (exact) mass is 269 g/mol. The Balaban J connectivity index is 2.34. The van der Waals surface area contributed by atoms with Gasteiger partial charge in [-0.25, -0.2) is 4.68 Å². The van der Waals surface area contributed by atoms with Gasteiger partial charge in [0.2, 0.25) is 0 Å². The molecule has 1 heterocycles. The number of hydrogen-bond donors (Lipinski definition) is 1. The van der Waals surface area contributed by atoms with Crippen LogP contribution in [0.1, 0.15) is 12.0 Å². The number of hydrogen-bond acceptors (Lipinski definition) is 2. The lowest BCUT2D eigenvalue weighted by molar-refractivity contribution is 0.831. The molecular formula is C12H13Cl2N3. The molecule has 2 N–H and O–H groups in total. The third-order valence-electron chi connectivity index (χ3n) is 2.51. The number of benzene rings is 1. The summed E-state index contributed by atoms with van der Waals surface area (Å²) in [6.07, 6.45) is 3.50. The van der Waals surface area contributed by atoms with Crippen LogP contribution in [0.4, 0.5) is 0 Å². The topological polar surface area (TPSA) is 43.8 Å². The highest BCUT2D eigenvalue weighted by Crippen LogP contribution is 2.25. The molecule has 0 saturated heterocycles. The Hall–Kier alpha value is -1.03. The van der Waals surface area contributed by atoms with Gasteiger partial charge in [-0.15, -0.1) is 0 Å². The molecule has 0 saturated carbocycles. The van der Waals surface area contributed by atoms with Gasteiger partial charge in [0.25, 0.3) is 0 Å². The Bertz CT molecular complexity index is 508. The maximum Gasteiger partial charge on any atom is 0.136 e. The van der Waals surface area contributed by atoms with Gasteiger partial charge in [0.15, 0.2) is 0 Å². The smallest absolute Gasteiger partial charge is 0.136 e. The average Bonchev–Trinajstić information content (AvgIpc) is 2.69. The molecule has 0 aliphatic carbocycles. The lowest BCUT2D eigenvalue weighted by Crippen LogP contribution is -2.01. The Morgan fingerprint density at radius 1 is 1.24 bits per heavy atom. The standard InChI is InChI=1S/C12H13Cl2N3/c13-10-5-1-2-6-11(10)17-12(14)9(8-16-17)4-3-7-15/h1-2,5-6,8H,3-4,7,15H2. The highest BCUT2D eigenvalue weighted by atomic mass is 35.5. The normalized spacial score (nSPS) is 10.8. The van der Waals surface area contributed by atoms with Crippen molar-refractivity contribution in [3.8, 4) is 5.69 Å². The van der Waals surface area contributed by atoms with Gasteiger partial charge in [0.05, 0.1) is 16.9 Å². The van der Waals surface area contributed by atoms with Gasteiger partial charge in [-0.1, -0.05) is 35.3 Å². The number of aryl methyl sites for hydroxylation is 1. The lowest BCUT2D eigenvalue weighted by atomic mass is 10.2. The number of nitrogens with two attached hydrogens (primary N) is 1. The minimum atomic E-state index is 0.603. The Morgan fingerprint density at radius 3 is 2.71 bits per heavy atom. The quantitative estimate of drug-likeness (QED) is 0.927. The van der Waals surface area contributed by atoms with E-state index < -0.39 is 0 Å². The van der Waals surface area contributed by atoms with Crippen LogP contribution in [0, 0.1) is 0 Å². The van der Waals surface area contributed by atoms with Crippen molar-refractivity contribution in [3.63, 3.8) is 0 Å². The van der Waals surface area contributed by atoms with Crippen molar-refractivity contribution in [1.29, 1.82) is 0 Å². The third-order valence-corrected chi connectivity index (χ3v) is 3.23. The van der Waals surface area contributed by atoms with Crippen LogP contribution in [0.2, 0.25) is 10.2 Å². The van der Waals surface area contributed by atoms with Gasteiger partial charge in [0.1, 0.15) is 5.15 Å². The first-order chi connectivity index (χ1) is 8.24. The molecule has 5 heteroatoms. The molecule has 0 aliphatic heterocycles. The molecule has 0 unspecified atom stereocenters. The second kappa shape index (κ2) is 5.54. The molecule has 0 bridgehead atoms. The zero-order chi connectivity index (χ0) is 12.3. The van der Waals surface area contributed by atoms with Gasteiger partial charge in [0, 0.05) is 5.56 Å².